The summed E-state index contributed by atoms with van der Waals surface area (Å²) < 4.78 is 36.6. The molecule has 0 fully saturated rings. The van der Waals surface area contributed by atoms with E-state index in [-0.39, 0.29) is 10.5 Å². The van der Waals surface area contributed by atoms with Crippen molar-refractivity contribution in [3.05, 3.63) is 29.3 Å². The summed E-state index contributed by atoms with van der Waals surface area (Å²) in [5.74, 6) is 0. The molecule has 0 saturated carbocycles. The Morgan fingerprint density at radius 1 is 1.31 bits per heavy atom. The van der Waals surface area contributed by atoms with E-state index in [1.807, 2.05) is 0 Å². The maximum Gasteiger partial charge on any atom is 0.417 e. The lowest BCUT2D eigenvalue weighted by molar-refractivity contribution is -0.139. The number of carbonyl (C=O) groups excluding carboxylic acids is 1. The van der Waals surface area contributed by atoms with Gasteiger partial charge in [-0.05, 0) is 6.07 Å². The number of aldehydes is 1. The lowest BCUT2D eigenvalue weighted by Gasteiger charge is -2.09. The van der Waals surface area contributed by atoms with Gasteiger partial charge in [-0.25, -0.2) is 0 Å². The van der Waals surface area contributed by atoms with Gasteiger partial charge in [-0.2, -0.15) is 13.2 Å². The fraction of sp³-hybridized carbons (Fsp3) is 0.125. The van der Waals surface area contributed by atoms with Crippen LogP contribution in [0.2, 0.25) is 0 Å². The Morgan fingerprint density at radius 2 is 1.92 bits per heavy atom. The Hall–Kier alpha value is -0.970. The van der Waals surface area contributed by atoms with Crippen LogP contribution in [0.25, 0.3) is 0 Å². The van der Waals surface area contributed by atoms with Crippen molar-refractivity contribution in [2.24, 2.45) is 0 Å². The molecule has 0 unspecified atom stereocenters. The molecule has 13 heavy (non-hydrogen) atoms. The molecule has 0 aliphatic rings. The summed E-state index contributed by atoms with van der Waals surface area (Å²) in [5.41, 5.74) is -0.946. The molecule has 0 bridgehead atoms. The molecule has 1 aromatic carbocycles. The highest BCUT2D eigenvalue weighted by atomic mass is 32.1. The maximum atomic E-state index is 12.2. The first-order valence-corrected chi connectivity index (χ1v) is 3.76. The lowest BCUT2D eigenvalue weighted by Crippen LogP contribution is -2.07. The SMILES string of the molecule is O=Cc1cccc(C(F)(F)F)c1S. The largest absolute Gasteiger partial charge is 0.417 e. The number of rotatable bonds is 1. The van der Waals surface area contributed by atoms with Crippen LogP contribution in [-0.4, -0.2) is 6.29 Å². The summed E-state index contributed by atoms with van der Waals surface area (Å²) in [7, 11) is 0. The standard InChI is InChI=1S/C8H5F3OS/c9-8(10,11)6-3-1-2-5(4-12)7(6)13/h1-4,13H. The number of alkyl halides is 3. The molecule has 1 nitrogen and oxygen atoms in total. The van der Waals surface area contributed by atoms with Gasteiger partial charge in [0.05, 0.1) is 5.56 Å². The third kappa shape index (κ3) is 2.03. The third-order valence-electron chi connectivity index (χ3n) is 1.50. The zero-order valence-electron chi connectivity index (χ0n) is 6.30. The van der Waals surface area contributed by atoms with Crippen molar-refractivity contribution < 1.29 is 18.0 Å². The predicted molar refractivity (Wildman–Crippen MR) is 44.1 cm³/mol. The normalized spacial score (nSPS) is 11.4. The summed E-state index contributed by atoms with van der Waals surface area (Å²) in [4.78, 5) is 9.96. The van der Waals surface area contributed by atoms with Gasteiger partial charge in [0.25, 0.3) is 0 Å². The zero-order valence-corrected chi connectivity index (χ0v) is 7.19. The van der Waals surface area contributed by atoms with Gasteiger partial charge in [-0.15, -0.1) is 12.6 Å². The average Bonchev–Trinajstić information content (AvgIpc) is 2.02. The van der Waals surface area contributed by atoms with Crippen LogP contribution >= 0.6 is 12.6 Å². The maximum absolute atomic E-state index is 12.2. The predicted octanol–water partition coefficient (Wildman–Crippen LogP) is 2.81. The van der Waals surface area contributed by atoms with Gasteiger partial charge >= 0.3 is 6.18 Å². The molecule has 0 saturated heterocycles. The van der Waals surface area contributed by atoms with Crippen LogP contribution in [0.15, 0.2) is 23.1 Å². The number of carbonyl (C=O) groups is 1. The molecular weight excluding hydrogens is 201 g/mol. The van der Waals surface area contributed by atoms with Gasteiger partial charge in [0.1, 0.15) is 0 Å². The van der Waals surface area contributed by atoms with Gasteiger partial charge < -0.3 is 0 Å². The topological polar surface area (TPSA) is 17.1 Å². The van der Waals surface area contributed by atoms with E-state index in [2.05, 4.69) is 12.6 Å². The Morgan fingerprint density at radius 3 is 2.38 bits per heavy atom. The molecule has 5 heteroatoms. The minimum Gasteiger partial charge on any atom is -0.298 e. The fourth-order valence-electron chi connectivity index (χ4n) is 0.885. The van der Waals surface area contributed by atoms with E-state index in [0.717, 1.165) is 6.07 Å². The average molecular weight is 206 g/mol. The number of halogens is 3. The Kier molecular flexibility index (Phi) is 2.66. The van der Waals surface area contributed by atoms with Gasteiger partial charge in [-0.3, -0.25) is 4.79 Å². The van der Waals surface area contributed by atoms with Gasteiger partial charge in [0, 0.05) is 10.5 Å². The van der Waals surface area contributed by atoms with Gasteiger partial charge in [0.15, 0.2) is 6.29 Å². The molecule has 0 aliphatic heterocycles. The summed E-state index contributed by atoms with van der Waals surface area (Å²) in [5, 5.41) is 0. The number of hydrogen-bond donors (Lipinski definition) is 1. The summed E-state index contributed by atoms with van der Waals surface area (Å²) in [6, 6.07) is 3.34. The van der Waals surface area contributed by atoms with Gasteiger partial charge in [-0.1, -0.05) is 12.1 Å². The van der Waals surface area contributed by atoms with E-state index in [0.29, 0.717) is 6.29 Å². The van der Waals surface area contributed by atoms with Crippen LogP contribution in [0.5, 0.6) is 0 Å². The molecular formula is C8H5F3OS. The van der Waals surface area contributed by atoms with E-state index in [9.17, 15) is 18.0 Å². The van der Waals surface area contributed by atoms with Crippen LogP contribution in [0.4, 0.5) is 13.2 Å². The van der Waals surface area contributed by atoms with Crippen LogP contribution in [-0.2, 0) is 6.18 Å². The number of thiol groups is 1. The molecule has 70 valence electrons. The highest BCUT2D eigenvalue weighted by Gasteiger charge is 2.33. The van der Waals surface area contributed by atoms with Crippen LogP contribution in [0, 0.1) is 0 Å². The second-order valence-corrected chi connectivity index (χ2v) is 2.81. The molecule has 0 atom stereocenters. The highest BCUT2D eigenvalue weighted by molar-refractivity contribution is 7.80. The molecule has 0 amide bonds. The number of hydrogen-bond acceptors (Lipinski definition) is 2. The van der Waals surface area contributed by atoms with Crippen molar-refractivity contribution in [3.63, 3.8) is 0 Å². The second-order valence-electron chi connectivity index (χ2n) is 2.36. The lowest BCUT2D eigenvalue weighted by atomic mass is 10.1. The van der Waals surface area contributed by atoms with E-state index < -0.39 is 11.7 Å². The van der Waals surface area contributed by atoms with E-state index in [1.165, 1.54) is 12.1 Å². The number of benzene rings is 1. The van der Waals surface area contributed by atoms with Crippen LogP contribution in [0.3, 0.4) is 0 Å². The van der Waals surface area contributed by atoms with Crippen molar-refractivity contribution in [2.75, 3.05) is 0 Å². The Balaban J connectivity index is 3.32. The summed E-state index contributed by atoms with van der Waals surface area (Å²) in [6.07, 6.45) is -4.12. The Bertz CT molecular complexity index is 333. The van der Waals surface area contributed by atoms with Crippen LogP contribution < -0.4 is 0 Å². The molecule has 0 aromatic heterocycles. The van der Waals surface area contributed by atoms with Crippen molar-refractivity contribution >= 4 is 18.9 Å². The monoisotopic (exact) mass is 206 g/mol. The second kappa shape index (κ2) is 3.41. The van der Waals surface area contributed by atoms with Gasteiger partial charge in [0.2, 0.25) is 0 Å². The Labute approximate surface area is 78.0 Å². The summed E-state index contributed by atoms with van der Waals surface area (Å²) in [6.45, 7) is 0. The molecule has 1 aromatic rings. The van der Waals surface area contributed by atoms with Crippen molar-refractivity contribution in [2.45, 2.75) is 11.1 Å². The van der Waals surface area contributed by atoms with E-state index in [4.69, 9.17) is 0 Å². The summed E-state index contributed by atoms with van der Waals surface area (Å²) >= 11 is 3.63. The third-order valence-corrected chi connectivity index (χ3v) is 2.00. The van der Waals surface area contributed by atoms with Crippen molar-refractivity contribution in [1.82, 2.24) is 0 Å². The first-order valence-electron chi connectivity index (χ1n) is 3.31. The molecule has 0 spiro atoms. The fourth-order valence-corrected chi connectivity index (χ4v) is 1.21. The smallest absolute Gasteiger partial charge is 0.298 e. The zero-order chi connectivity index (χ0) is 10.1. The highest BCUT2D eigenvalue weighted by Crippen LogP contribution is 2.34. The van der Waals surface area contributed by atoms with Crippen molar-refractivity contribution in [1.29, 1.82) is 0 Å². The first kappa shape index (κ1) is 10.1. The van der Waals surface area contributed by atoms with Crippen molar-refractivity contribution in [3.8, 4) is 0 Å². The van der Waals surface area contributed by atoms with E-state index >= 15 is 0 Å². The van der Waals surface area contributed by atoms with E-state index in [1.54, 1.807) is 0 Å². The minimum absolute atomic E-state index is 0.0573. The van der Waals surface area contributed by atoms with Crippen LogP contribution in [0.1, 0.15) is 15.9 Å². The quantitative estimate of drug-likeness (QED) is 0.552. The molecule has 0 radical (unpaired) electrons. The minimum atomic E-state index is -4.46. The molecule has 0 N–H and O–H groups in total. The molecule has 1 rings (SSSR count). The molecule has 0 heterocycles. The molecule has 0 aliphatic carbocycles. The first-order chi connectivity index (χ1) is 5.96.